The van der Waals surface area contributed by atoms with E-state index in [9.17, 15) is 9.59 Å². The minimum atomic E-state index is -0.119. The van der Waals surface area contributed by atoms with E-state index in [-0.39, 0.29) is 12.5 Å². The second-order valence-electron chi connectivity index (χ2n) is 6.57. The molecule has 4 heteroatoms. The van der Waals surface area contributed by atoms with Gasteiger partial charge in [0.2, 0.25) is 5.91 Å². The van der Waals surface area contributed by atoms with Crippen LogP contribution in [-0.2, 0) is 17.8 Å². The van der Waals surface area contributed by atoms with Crippen molar-refractivity contribution in [3.05, 3.63) is 78.0 Å². The van der Waals surface area contributed by atoms with Gasteiger partial charge >= 0.3 is 0 Å². The largest absolute Gasteiger partial charge is 0.337 e. The van der Waals surface area contributed by atoms with Crippen LogP contribution in [0.3, 0.4) is 0 Å². The van der Waals surface area contributed by atoms with Crippen LogP contribution in [0.15, 0.2) is 66.9 Å². The van der Waals surface area contributed by atoms with Gasteiger partial charge in [-0.3, -0.25) is 9.59 Å². The van der Waals surface area contributed by atoms with Crippen LogP contribution < -0.4 is 5.32 Å². The molecule has 0 saturated carbocycles. The molecule has 0 radical (unpaired) electrons. The van der Waals surface area contributed by atoms with Crippen molar-refractivity contribution in [2.45, 2.75) is 19.9 Å². The molecule has 0 spiro atoms. The first-order chi connectivity index (χ1) is 13.2. The molecule has 1 aromatic heterocycles. The average Bonchev–Trinajstić information content (AvgIpc) is 3.06. The summed E-state index contributed by atoms with van der Waals surface area (Å²) in [5, 5.41) is 6.00. The molecule has 0 aliphatic carbocycles. The second-order valence-corrected chi connectivity index (χ2v) is 6.57. The van der Waals surface area contributed by atoms with Crippen LogP contribution in [0.4, 0.5) is 5.69 Å². The number of amides is 1. The highest BCUT2D eigenvalue weighted by molar-refractivity contribution is 6.03. The minimum Gasteiger partial charge on any atom is -0.337 e. The monoisotopic (exact) mass is 356 g/mol. The summed E-state index contributed by atoms with van der Waals surface area (Å²) in [5.74, 6) is -0.119. The number of benzene rings is 3. The number of carbonyl (C=O) groups is 2. The summed E-state index contributed by atoms with van der Waals surface area (Å²) >= 11 is 0. The van der Waals surface area contributed by atoms with Gasteiger partial charge in [0.25, 0.3) is 0 Å². The first-order valence-corrected chi connectivity index (χ1v) is 9.04. The van der Waals surface area contributed by atoms with Gasteiger partial charge in [-0.1, -0.05) is 61.5 Å². The van der Waals surface area contributed by atoms with Gasteiger partial charge in [0.05, 0.1) is 5.52 Å². The van der Waals surface area contributed by atoms with Crippen molar-refractivity contribution >= 4 is 39.6 Å². The molecular formula is C23H20N2O2. The zero-order chi connectivity index (χ0) is 18.8. The highest BCUT2D eigenvalue weighted by atomic mass is 16.2. The van der Waals surface area contributed by atoms with Gasteiger partial charge in [0.15, 0.2) is 6.29 Å². The van der Waals surface area contributed by atoms with Crippen molar-refractivity contribution in [1.29, 1.82) is 0 Å². The number of nitrogens with one attached hydrogen (secondary N) is 1. The predicted molar refractivity (Wildman–Crippen MR) is 109 cm³/mol. The van der Waals surface area contributed by atoms with E-state index in [0.717, 1.165) is 45.6 Å². The molecule has 1 N–H and O–H groups in total. The Balaban J connectivity index is 1.68. The predicted octanol–water partition coefficient (Wildman–Crippen LogP) is 4.81. The number of para-hydroxylation sites is 1. The maximum absolute atomic E-state index is 12.7. The lowest BCUT2D eigenvalue weighted by atomic mass is 10.1. The third kappa shape index (κ3) is 3.10. The summed E-state index contributed by atoms with van der Waals surface area (Å²) < 4.78 is 1.87. The maximum Gasteiger partial charge on any atom is 0.244 e. The molecule has 0 atom stereocenters. The summed E-state index contributed by atoms with van der Waals surface area (Å²) in [4.78, 5) is 24.2. The van der Waals surface area contributed by atoms with Gasteiger partial charge in [-0.15, -0.1) is 0 Å². The number of carbonyl (C=O) groups excluding carboxylic acids is 2. The molecule has 0 aliphatic rings. The van der Waals surface area contributed by atoms with Crippen LogP contribution in [0.1, 0.15) is 22.8 Å². The van der Waals surface area contributed by atoms with E-state index in [4.69, 9.17) is 0 Å². The van der Waals surface area contributed by atoms with Gasteiger partial charge in [-0.2, -0.15) is 0 Å². The number of fused-ring (bicyclic) bond motifs is 2. The summed E-state index contributed by atoms with van der Waals surface area (Å²) in [5.41, 5.74) is 3.48. The Bertz CT molecular complexity index is 1150. The molecule has 0 saturated heterocycles. The quantitative estimate of drug-likeness (QED) is 0.522. The Hall–Kier alpha value is -3.40. The van der Waals surface area contributed by atoms with Crippen LogP contribution in [-0.4, -0.2) is 16.8 Å². The van der Waals surface area contributed by atoms with E-state index < -0.39 is 0 Å². The molecule has 0 aliphatic heterocycles. The number of aldehydes is 1. The molecule has 3 aromatic carbocycles. The Kier molecular flexibility index (Phi) is 4.47. The second kappa shape index (κ2) is 7.08. The Morgan fingerprint density at radius 2 is 1.74 bits per heavy atom. The minimum absolute atomic E-state index is 0.119. The van der Waals surface area contributed by atoms with Crippen molar-refractivity contribution in [3.63, 3.8) is 0 Å². The topological polar surface area (TPSA) is 51.1 Å². The standard InChI is InChI=1S/C23H20N2O2/c1-2-16-8-5-11-20-18(15-26)13-25(23(16)20)14-22(27)24-21-12-6-9-17-7-3-4-10-19(17)21/h3-13,15H,2,14H2,1H3,(H,24,27). The number of hydrogen-bond donors (Lipinski definition) is 1. The molecule has 4 rings (SSSR count). The highest BCUT2D eigenvalue weighted by Crippen LogP contribution is 2.26. The number of aromatic nitrogens is 1. The molecule has 134 valence electrons. The van der Waals surface area contributed by atoms with Gasteiger partial charge in [0.1, 0.15) is 6.54 Å². The number of rotatable bonds is 5. The first kappa shape index (κ1) is 17.0. The molecule has 1 amide bonds. The lowest BCUT2D eigenvalue weighted by molar-refractivity contribution is -0.116. The lowest BCUT2D eigenvalue weighted by Crippen LogP contribution is -2.18. The van der Waals surface area contributed by atoms with E-state index in [1.807, 2.05) is 65.2 Å². The highest BCUT2D eigenvalue weighted by Gasteiger charge is 2.14. The Labute approximate surface area is 157 Å². The molecule has 0 bridgehead atoms. The normalized spacial score (nSPS) is 11.0. The molecule has 4 aromatic rings. The Morgan fingerprint density at radius 3 is 2.56 bits per heavy atom. The van der Waals surface area contributed by atoms with E-state index >= 15 is 0 Å². The molecule has 27 heavy (non-hydrogen) atoms. The average molecular weight is 356 g/mol. The molecule has 1 heterocycles. The van der Waals surface area contributed by atoms with Crippen LogP contribution in [0.5, 0.6) is 0 Å². The van der Waals surface area contributed by atoms with Gasteiger partial charge in [-0.05, 0) is 23.4 Å². The fourth-order valence-corrected chi connectivity index (χ4v) is 3.65. The van der Waals surface area contributed by atoms with Gasteiger partial charge < -0.3 is 9.88 Å². The van der Waals surface area contributed by atoms with E-state index in [2.05, 4.69) is 12.2 Å². The van der Waals surface area contributed by atoms with Crippen LogP contribution >= 0.6 is 0 Å². The van der Waals surface area contributed by atoms with Crippen molar-refractivity contribution in [1.82, 2.24) is 4.57 Å². The van der Waals surface area contributed by atoms with Gasteiger partial charge in [-0.25, -0.2) is 0 Å². The zero-order valence-corrected chi connectivity index (χ0v) is 15.1. The summed E-state index contributed by atoms with van der Waals surface area (Å²) in [6.45, 7) is 2.23. The SMILES string of the molecule is CCc1cccc2c(C=O)cn(CC(=O)Nc3cccc4ccccc34)c12. The fraction of sp³-hybridized carbons (Fsp3) is 0.130. The maximum atomic E-state index is 12.7. The van der Waals surface area contributed by atoms with Crippen molar-refractivity contribution in [2.75, 3.05) is 5.32 Å². The van der Waals surface area contributed by atoms with Crippen molar-refractivity contribution < 1.29 is 9.59 Å². The van der Waals surface area contributed by atoms with Crippen LogP contribution in [0.25, 0.3) is 21.7 Å². The molecule has 0 fully saturated rings. The van der Waals surface area contributed by atoms with E-state index in [0.29, 0.717) is 5.56 Å². The summed E-state index contributed by atoms with van der Waals surface area (Å²) in [6, 6.07) is 19.7. The number of aryl methyl sites for hydroxylation is 1. The fourth-order valence-electron chi connectivity index (χ4n) is 3.65. The molecule has 4 nitrogen and oxygen atoms in total. The van der Waals surface area contributed by atoms with Crippen LogP contribution in [0, 0.1) is 0 Å². The number of hydrogen-bond acceptors (Lipinski definition) is 2. The summed E-state index contributed by atoms with van der Waals surface area (Å²) in [7, 11) is 0. The lowest BCUT2D eigenvalue weighted by Gasteiger charge is -2.11. The first-order valence-electron chi connectivity index (χ1n) is 9.04. The molecule has 0 unspecified atom stereocenters. The van der Waals surface area contributed by atoms with Crippen LogP contribution in [0.2, 0.25) is 0 Å². The number of anilines is 1. The zero-order valence-electron chi connectivity index (χ0n) is 15.1. The third-order valence-electron chi connectivity index (χ3n) is 4.90. The summed E-state index contributed by atoms with van der Waals surface area (Å²) in [6.07, 6.45) is 3.45. The Morgan fingerprint density at radius 1 is 1.00 bits per heavy atom. The van der Waals surface area contributed by atoms with Crippen molar-refractivity contribution in [3.8, 4) is 0 Å². The van der Waals surface area contributed by atoms with E-state index in [1.54, 1.807) is 6.20 Å². The third-order valence-corrected chi connectivity index (χ3v) is 4.90. The molecular weight excluding hydrogens is 336 g/mol. The van der Waals surface area contributed by atoms with E-state index in [1.165, 1.54) is 0 Å². The van der Waals surface area contributed by atoms with Crippen molar-refractivity contribution in [2.24, 2.45) is 0 Å². The smallest absolute Gasteiger partial charge is 0.244 e. The number of nitrogens with zero attached hydrogens (tertiary/aromatic N) is 1. The van der Waals surface area contributed by atoms with Gasteiger partial charge in [0, 0.05) is 28.2 Å².